The monoisotopic (exact) mass is 854 g/mol. The predicted octanol–water partition coefficient (Wildman–Crippen LogP) is 5.41. The maximum Gasteiger partial charge on any atom is 0.329 e. The zero-order valence-electron chi connectivity index (χ0n) is 32.9. The van der Waals surface area contributed by atoms with E-state index in [0.29, 0.717) is 103 Å². The SMILES string of the molecule is C[C@@H](Oc1ccc2[nH]nc(-c3ccc(N4CCN(C(=O)CN5CCN(c6cc7c(cc6F)c(N6CCC(=O)NC6=O)nn7C)CC5)CC4)nc3)c2c1)c1c(Cl)cncc1Cl. The van der Waals surface area contributed by atoms with Gasteiger partial charge < -0.3 is 19.4 Å². The lowest BCUT2D eigenvalue weighted by atomic mass is 10.1. The summed E-state index contributed by atoms with van der Waals surface area (Å²) in [5.41, 5.74) is 4.24. The topological polar surface area (TPSA) is 161 Å². The Bertz CT molecular complexity index is 2600. The number of aryl methyl sites for hydroxylation is 1. The Kier molecular flexibility index (Phi) is 10.6. The Morgan fingerprint density at radius 3 is 2.37 bits per heavy atom. The number of ether oxygens (including phenoxy) is 1. The van der Waals surface area contributed by atoms with Crippen molar-refractivity contribution >= 4 is 80.2 Å². The Morgan fingerprint density at radius 1 is 0.900 bits per heavy atom. The fourth-order valence-corrected chi connectivity index (χ4v) is 8.82. The van der Waals surface area contributed by atoms with E-state index in [1.165, 1.54) is 11.0 Å². The summed E-state index contributed by atoms with van der Waals surface area (Å²) in [7, 11) is 1.74. The molecule has 1 atom stereocenters. The number of nitrogens with one attached hydrogen (secondary N) is 2. The van der Waals surface area contributed by atoms with Crippen molar-refractivity contribution in [3.05, 3.63) is 82.5 Å². The third-order valence-corrected chi connectivity index (χ3v) is 12.0. The van der Waals surface area contributed by atoms with Gasteiger partial charge in [-0.1, -0.05) is 23.2 Å². The summed E-state index contributed by atoms with van der Waals surface area (Å²) in [6, 6.07) is 12.3. The molecule has 0 radical (unpaired) electrons. The van der Waals surface area contributed by atoms with Crippen molar-refractivity contribution in [3.8, 4) is 17.0 Å². The molecule has 7 heterocycles. The first-order chi connectivity index (χ1) is 29.0. The molecule has 3 fully saturated rings. The number of H-pyrrole nitrogens is 1. The molecule has 2 N–H and O–H groups in total. The van der Waals surface area contributed by atoms with Crippen LogP contribution < -0.4 is 24.8 Å². The van der Waals surface area contributed by atoms with Crippen LogP contribution in [0.15, 0.2) is 61.1 Å². The zero-order chi connectivity index (χ0) is 41.7. The number of piperazine rings is 2. The molecule has 0 unspecified atom stereocenters. The molecule has 4 aromatic heterocycles. The van der Waals surface area contributed by atoms with Gasteiger partial charge >= 0.3 is 6.03 Å². The Morgan fingerprint density at radius 2 is 1.65 bits per heavy atom. The number of fused-ring (bicyclic) bond motifs is 2. The van der Waals surface area contributed by atoms with Crippen LogP contribution in [0.5, 0.6) is 5.75 Å². The van der Waals surface area contributed by atoms with E-state index in [1.807, 2.05) is 53.3 Å². The lowest BCUT2D eigenvalue weighted by molar-refractivity contribution is -0.132. The fraction of sp³-hybridized carbons (Fsp3) is 0.341. The number of amides is 4. The molecule has 4 amide bonds. The van der Waals surface area contributed by atoms with E-state index in [1.54, 1.807) is 30.2 Å². The van der Waals surface area contributed by atoms with Crippen LogP contribution in [0.3, 0.4) is 0 Å². The molecule has 3 saturated heterocycles. The average Bonchev–Trinajstić information content (AvgIpc) is 3.80. The number of aromatic amines is 1. The van der Waals surface area contributed by atoms with E-state index in [4.69, 9.17) is 32.9 Å². The van der Waals surface area contributed by atoms with Crippen molar-refractivity contribution in [2.24, 2.45) is 7.05 Å². The largest absolute Gasteiger partial charge is 0.486 e. The van der Waals surface area contributed by atoms with Crippen LogP contribution >= 0.6 is 23.2 Å². The number of pyridine rings is 2. The van der Waals surface area contributed by atoms with Crippen LogP contribution in [0.25, 0.3) is 33.1 Å². The van der Waals surface area contributed by atoms with Gasteiger partial charge in [0.1, 0.15) is 29.2 Å². The highest BCUT2D eigenvalue weighted by Crippen LogP contribution is 2.36. The summed E-state index contributed by atoms with van der Waals surface area (Å²) < 4.78 is 23.5. The molecule has 310 valence electrons. The number of aromatic nitrogens is 6. The number of hydrogen-bond donors (Lipinski definition) is 2. The minimum Gasteiger partial charge on any atom is -0.486 e. The Hall–Kier alpha value is -6.04. The van der Waals surface area contributed by atoms with Crippen LogP contribution in [0.1, 0.15) is 25.0 Å². The van der Waals surface area contributed by atoms with E-state index in [-0.39, 0.29) is 24.8 Å². The van der Waals surface area contributed by atoms with Crippen molar-refractivity contribution in [3.63, 3.8) is 0 Å². The number of carbonyl (C=O) groups excluding carboxylic acids is 3. The number of benzene rings is 2. The van der Waals surface area contributed by atoms with Gasteiger partial charge in [0.25, 0.3) is 0 Å². The van der Waals surface area contributed by atoms with Crippen LogP contribution in [0.4, 0.5) is 26.5 Å². The third kappa shape index (κ3) is 7.63. The van der Waals surface area contributed by atoms with Crippen LogP contribution in [0.2, 0.25) is 10.0 Å². The molecule has 6 aromatic rings. The Balaban J connectivity index is 0.775. The summed E-state index contributed by atoms with van der Waals surface area (Å²) in [5, 5.41) is 16.7. The highest BCUT2D eigenvalue weighted by molar-refractivity contribution is 6.35. The predicted molar refractivity (Wildman–Crippen MR) is 226 cm³/mol. The quantitative estimate of drug-likeness (QED) is 0.192. The summed E-state index contributed by atoms with van der Waals surface area (Å²) in [4.78, 5) is 55.9. The molecule has 0 aliphatic carbocycles. The van der Waals surface area contributed by atoms with Crippen molar-refractivity contribution < 1.29 is 23.5 Å². The molecular formula is C41H41Cl2FN12O4. The zero-order valence-corrected chi connectivity index (χ0v) is 34.4. The second kappa shape index (κ2) is 16.2. The molecular weight excluding hydrogens is 814 g/mol. The second-order valence-electron chi connectivity index (χ2n) is 15.1. The number of halogens is 3. The van der Waals surface area contributed by atoms with Gasteiger partial charge in [0.05, 0.1) is 33.3 Å². The van der Waals surface area contributed by atoms with Gasteiger partial charge in [0.15, 0.2) is 5.82 Å². The third-order valence-electron chi connectivity index (χ3n) is 11.4. The number of nitrogens with zero attached hydrogens (tertiary/aromatic N) is 10. The smallest absolute Gasteiger partial charge is 0.329 e. The van der Waals surface area contributed by atoms with Crippen LogP contribution in [-0.2, 0) is 16.6 Å². The van der Waals surface area contributed by atoms with Gasteiger partial charge in [-0.05, 0) is 49.4 Å². The molecule has 16 nitrogen and oxygen atoms in total. The number of urea groups is 1. The molecule has 0 saturated carbocycles. The Labute approximate surface area is 353 Å². The highest BCUT2D eigenvalue weighted by Gasteiger charge is 2.30. The van der Waals surface area contributed by atoms with Crippen molar-refractivity contribution in [1.29, 1.82) is 0 Å². The van der Waals surface area contributed by atoms with Crippen molar-refractivity contribution in [2.75, 3.05) is 80.1 Å². The van der Waals surface area contributed by atoms with Crippen molar-refractivity contribution in [2.45, 2.75) is 19.4 Å². The summed E-state index contributed by atoms with van der Waals surface area (Å²) in [5.74, 6) is 1.08. The first kappa shape index (κ1) is 39.4. The minimum absolute atomic E-state index is 0.0694. The fourth-order valence-electron chi connectivity index (χ4n) is 8.15. The minimum atomic E-state index is -0.569. The lowest BCUT2D eigenvalue weighted by Gasteiger charge is -2.39. The van der Waals surface area contributed by atoms with Gasteiger partial charge in [-0.2, -0.15) is 10.2 Å². The van der Waals surface area contributed by atoms with Crippen LogP contribution in [-0.4, -0.2) is 123 Å². The number of imide groups is 1. The molecule has 0 bridgehead atoms. The first-order valence-electron chi connectivity index (χ1n) is 19.7. The standard InChI is InChI=1S/C41H41Cl2FN12O4/c1-24(38-29(42)21-45-22-30(38)43)60-26-4-5-32-27(17-26)39(49-48-32)25-3-6-35(46-20-25)54-13-15-55(16-14-54)37(58)23-52-9-11-53(12-10-52)34-19-33-28(18-31(34)44)40(50-51(33)2)56-8-7-36(57)47-41(56)59/h3-6,17-22,24H,7-16,23H2,1-2H3,(H,48,49)(H,47,57,59)/t24-/m1/s1. The van der Waals surface area contributed by atoms with Gasteiger partial charge in [-0.25, -0.2) is 14.2 Å². The number of rotatable bonds is 9. The van der Waals surface area contributed by atoms with E-state index in [0.717, 1.165) is 28.0 Å². The molecule has 19 heteroatoms. The number of carbonyl (C=O) groups is 3. The molecule has 3 aliphatic heterocycles. The molecule has 3 aliphatic rings. The van der Waals surface area contributed by atoms with Gasteiger partial charge in [0, 0.05) is 113 Å². The van der Waals surface area contributed by atoms with E-state index in [2.05, 4.69) is 35.4 Å². The number of anilines is 3. The number of hydrogen-bond acceptors (Lipinski definition) is 11. The van der Waals surface area contributed by atoms with Crippen LogP contribution in [0, 0.1) is 5.82 Å². The van der Waals surface area contributed by atoms with Gasteiger partial charge in [0.2, 0.25) is 11.8 Å². The van der Waals surface area contributed by atoms with Crippen molar-refractivity contribution in [1.82, 2.24) is 45.1 Å². The van der Waals surface area contributed by atoms with Gasteiger partial charge in [-0.3, -0.25) is 39.5 Å². The lowest BCUT2D eigenvalue weighted by Crippen LogP contribution is -2.54. The molecule has 2 aromatic carbocycles. The summed E-state index contributed by atoms with van der Waals surface area (Å²) in [6.07, 6.45) is 4.64. The molecule has 0 spiro atoms. The van der Waals surface area contributed by atoms with E-state index >= 15 is 4.39 Å². The maximum absolute atomic E-state index is 15.6. The van der Waals surface area contributed by atoms with Gasteiger partial charge in [-0.15, -0.1) is 0 Å². The van der Waals surface area contributed by atoms with E-state index in [9.17, 15) is 14.4 Å². The molecule has 9 rings (SSSR count). The molecule has 60 heavy (non-hydrogen) atoms. The summed E-state index contributed by atoms with van der Waals surface area (Å²) >= 11 is 12.7. The highest BCUT2D eigenvalue weighted by atomic mass is 35.5. The normalized spacial score (nSPS) is 17.1. The summed E-state index contributed by atoms with van der Waals surface area (Å²) in [6.45, 7) is 7.12. The maximum atomic E-state index is 15.6. The second-order valence-corrected chi connectivity index (χ2v) is 15.9. The first-order valence-corrected chi connectivity index (χ1v) is 20.4. The average molecular weight is 856 g/mol. The van der Waals surface area contributed by atoms with E-state index < -0.39 is 18.0 Å².